The van der Waals surface area contributed by atoms with Crippen LogP contribution in [-0.4, -0.2) is 24.4 Å². The minimum atomic E-state index is -0.654. The molecule has 0 aliphatic heterocycles. The zero-order valence-electron chi connectivity index (χ0n) is 11.6. The second-order valence-corrected chi connectivity index (χ2v) is 5.68. The van der Waals surface area contributed by atoms with Gasteiger partial charge in [-0.1, -0.05) is 15.9 Å². The van der Waals surface area contributed by atoms with Crippen molar-refractivity contribution in [3.63, 3.8) is 0 Å². The van der Waals surface area contributed by atoms with E-state index in [0.717, 1.165) is 10.2 Å². The first-order valence-electron chi connectivity index (χ1n) is 6.61. The number of hydrogen-bond acceptors (Lipinski definition) is 3. The zero-order chi connectivity index (χ0) is 15.2. The molecular weight excluding hydrogens is 337 g/mol. The number of aliphatic hydroxyl groups excluding tert-OH is 1. The molecule has 2 rings (SSSR count). The van der Waals surface area contributed by atoms with E-state index in [9.17, 15) is 9.50 Å². The third kappa shape index (κ3) is 5.02. The molecule has 0 aliphatic carbocycles. The van der Waals surface area contributed by atoms with E-state index in [2.05, 4.69) is 21.2 Å². The molecule has 2 aromatic rings. The van der Waals surface area contributed by atoms with Crippen molar-refractivity contribution in [1.29, 1.82) is 0 Å². The first-order chi connectivity index (χ1) is 10.0. The van der Waals surface area contributed by atoms with Crippen LogP contribution in [-0.2, 0) is 0 Å². The minimum Gasteiger partial charge on any atom is -0.491 e. The molecule has 2 N–H and O–H groups in total. The average Bonchev–Trinajstić information content (AvgIpc) is 2.48. The van der Waals surface area contributed by atoms with E-state index >= 15 is 0 Å². The number of halogens is 2. The quantitative estimate of drug-likeness (QED) is 0.830. The average molecular weight is 354 g/mol. The highest BCUT2D eigenvalue weighted by Crippen LogP contribution is 2.16. The fourth-order valence-corrected chi connectivity index (χ4v) is 2.04. The molecule has 1 atom stereocenters. The molecule has 0 heterocycles. The zero-order valence-corrected chi connectivity index (χ0v) is 13.2. The van der Waals surface area contributed by atoms with Crippen LogP contribution < -0.4 is 10.1 Å². The van der Waals surface area contributed by atoms with Gasteiger partial charge in [-0.25, -0.2) is 4.39 Å². The number of anilines is 1. The third-order valence-electron chi connectivity index (χ3n) is 2.96. The van der Waals surface area contributed by atoms with Gasteiger partial charge in [0.1, 0.15) is 24.3 Å². The number of aliphatic hydroxyl groups is 1. The minimum absolute atomic E-state index is 0.189. The number of nitrogens with one attached hydrogen (secondary N) is 1. The van der Waals surface area contributed by atoms with Gasteiger partial charge in [0.15, 0.2) is 0 Å². The predicted molar refractivity (Wildman–Crippen MR) is 85.3 cm³/mol. The number of rotatable bonds is 6. The summed E-state index contributed by atoms with van der Waals surface area (Å²) in [7, 11) is 0. The molecular formula is C16H17BrFNO2. The van der Waals surface area contributed by atoms with Crippen molar-refractivity contribution in [3.05, 3.63) is 58.3 Å². The van der Waals surface area contributed by atoms with Gasteiger partial charge in [-0.15, -0.1) is 0 Å². The van der Waals surface area contributed by atoms with Crippen LogP contribution in [0.4, 0.5) is 10.1 Å². The Bertz CT molecular complexity index is 589. The first-order valence-corrected chi connectivity index (χ1v) is 7.40. The molecule has 0 fully saturated rings. The molecule has 0 spiro atoms. The lowest BCUT2D eigenvalue weighted by atomic mass is 10.2. The maximum atomic E-state index is 13.1. The van der Waals surface area contributed by atoms with E-state index in [1.54, 1.807) is 19.1 Å². The summed E-state index contributed by atoms with van der Waals surface area (Å²) in [5, 5.41) is 12.9. The molecule has 0 aromatic heterocycles. The molecule has 0 saturated carbocycles. The molecule has 0 radical (unpaired) electrons. The second-order valence-electron chi connectivity index (χ2n) is 4.76. The predicted octanol–water partition coefficient (Wildman–Crippen LogP) is 3.75. The summed E-state index contributed by atoms with van der Waals surface area (Å²) in [6, 6.07) is 12.2. The Hall–Kier alpha value is -1.59. The Morgan fingerprint density at radius 3 is 2.62 bits per heavy atom. The van der Waals surface area contributed by atoms with Crippen molar-refractivity contribution in [3.8, 4) is 5.75 Å². The topological polar surface area (TPSA) is 41.5 Å². The Kier molecular flexibility index (Phi) is 5.59. The van der Waals surface area contributed by atoms with Gasteiger partial charge in [-0.2, -0.15) is 0 Å². The van der Waals surface area contributed by atoms with Gasteiger partial charge in [-0.05, 0) is 55.0 Å². The van der Waals surface area contributed by atoms with E-state index in [-0.39, 0.29) is 12.4 Å². The van der Waals surface area contributed by atoms with Crippen molar-refractivity contribution in [2.75, 3.05) is 18.5 Å². The number of benzene rings is 2. The van der Waals surface area contributed by atoms with Crippen molar-refractivity contribution in [2.24, 2.45) is 0 Å². The molecule has 112 valence electrons. The van der Waals surface area contributed by atoms with Gasteiger partial charge in [0.05, 0.1) is 0 Å². The summed E-state index contributed by atoms with van der Waals surface area (Å²) in [6.45, 7) is 2.23. The molecule has 2 aromatic carbocycles. The SMILES string of the molecule is Cc1cc(NCC(O)COc2ccc(Br)cc2)ccc1F. The van der Waals surface area contributed by atoms with Gasteiger partial charge in [0.2, 0.25) is 0 Å². The van der Waals surface area contributed by atoms with Crippen LogP contribution in [0.2, 0.25) is 0 Å². The lowest BCUT2D eigenvalue weighted by Crippen LogP contribution is -2.26. The van der Waals surface area contributed by atoms with Crippen molar-refractivity contribution in [2.45, 2.75) is 13.0 Å². The highest BCUT2D eigenvalue weighted by molar-refractivity contribution is 9.10. The fraction of sp³-hybridized carbons (Fsp3) is 0.250. The van der Waals surface area contributed by atoms with E-state index in [0.29, 0.717) is 17.9 Å². The molecule has 5 heteroatoms. The Labute approximate surface area is 131 Å². The lowest BCUT2D eigenvalue weighted by molar-refractivity contribution is 0.117. The van der Waals surface area contributed by atoms with E-state index in [4.69, 9.17) is 4.74 Å². The smallest absolute Gasteiger partial charge is 0.126 e. The van der Waals surface area contributed by atoms with Crippen LogP contribution in [0.25, 0.3) is 0 Å². The summed E-state index contributed by atoms with van der Waals surface area (Å²) in [5.74, 6) is 0.467. The normalized spacial score (nSPS) is 12.0. The standard InChI is InChI=1S/C16H17BrFNO2/c1-11-8-13(4-7-16(11)18)19-9-14(20)10-21-15-5-2-12(17)3-6-15/h2-8,14,19-20H,9-10H2,1H3. The molecule has 0 saturated heterocycles. The van der Waals surface area contributed by atoms with Gasteiger partial charge < -0.3 is 15.2 Å². The van der Waals surface area contributed by atoms with Crippen LogP contribution in [0.5, 0.6) is 5.75 Å². The highest BCUT2D eigenvalue weighted by Gasteiger charge is 2.06. The summed E-state index contributed by atoms with van der Waals surface area (Å²) in [4.78, 5) is 0. The maximum absolute atomic E-state index is 13.1. The molecule has 1 unspecified atom stereocenters. The summed E-state index contributed by atoms with van der Waals surface area (Å²) < 4.78 is 19.6. The van der Waals surface area contributed by atoms with Crippen molar-refractivity contribution in [1.82, 2.24) is 0 Å². The maximum Gasteiger partial charge on any atom is 0.126 e. The highest BCUT2D eigenvalue weighted by atomic mass is 79.9. The van der Waals surface area contributed by atoms with Gasteiger partial charge >= 0.3 is 0 Å². The van der Waals surface area contributed by atoms with Crippen LogP contribution in [0.3, 0.4) is 0 Å². The lowest BCUT2D eigenvalue weighted by Gasteiger charge is -2.14. The van der Waals surface area contributed by atoms with E-state index in [1.807, 2.05) is 24.3 Å². The Morgan fingerprint density at radius 1 is 1.24 bits per heavy atom. The van der Waals surface area contributed by atoms with Crippen LogP contribution in [0.1, 0.15) is 5.56 Å². The fourth-order valence-electron chi connectivity index (χ4n) is 1.77. The molecule has 3 nitrogen and oxygen atoms in total. The van der Waals surface area contributed by atoms with Crippen LogP contribution in [0, 0.1) is 12.7 Å². The summed E-state index contributed by atoms with van der Waals surface area (Å²) in [6.07, 6.45) is -0.654. The van der Waals surface area contributed by atoms with Gasteiger partial charge in [0, 0.05) is 16.7 Å². The van der Waals surface area contributed by atoms with E-state index < -0.39 is 6.10 Å². The first kappa shape index (κ1) is 15.8. The largest absolute Gasteiger partial charge is 0.491 e. The molecule has 0 bridgehead atoms. The van der Waals surface area contributed by atoms with Gasteiger partial charge in [-0.3, -0.25) is 0 Å². The van der Waals surface area contributed by atoms with E-state index in [1.165, 1.54) is 6.07 Å². The molecule has 0 aliphatic rings. The monoisotopic (exact) mass is 353 g/mol. The van der Waals surface area contributed by atoms with Crippen LogP contribution >= 0.6 is 15.9 Å². The Morgan fingerprint density at radius 2 is 1.95 bits per heavy atom. The second kappa shape index (κ2) is 7.43. The molecule has 21 heavy (non-hydrogen) atoms. The third-order valence-corrected chi connectivity index (χ3v) is 3.48. The Balaban J connectivity index is 1.77. The van der Waals surface area contributed by atoms with Crippen molar-refractivity contribution < 1.29 is 14.2 Å². The number of hydrogen-bond donors (Lipinski definition) is 2. The number of ether oxygens (including phenoxy) is 1. The van der Waals surface area contributed by atoms with Gasteiger partial charge in [0.25, 0.3) is 0 Å². The van der Waals surface area contributed by atoms with Crippen molar-refractivity contribution >= 4 is 21.6 Å². The number of aryl methyl sites for hydroxylation is 1. The molecule has 0 amide bonds. The summed E-state index contributed by atoms with van der Waals surface area (Å²) in [5.41, 5.74) is 1.34. The van der Waals surface area contributed by atoms with Crippen LogP contribution in [0.15, 0.2) is 46.9 Å². The summed E-state index contributed by atoms with van der Waals surface area (Å²) >= 11 is 3.35.